The van der Waals surface area contributed by atoms with Gasteiger partial charge in [-0.1, -0.05) is 18.2 Å². The number of para-hydroxylation sites is 1. The number of nitro groups is 1. The maximum Gasteiger partial charge on any atom is 0.294 e. The monoisotopic (exact) mass is 293 g/mol. The topological polar surface area (TPSA) is 85.0 Å². The molecule has 0 aliphatic rings. The van der Waals surface area contributed by atoms with Gasteiger partial charge in [0.05, 0.1) is 5.69 Å². The van der Waals surface area contributed by atoms with Crippen LogP contribution in [0.15, 0.2) is 67.1 Å². The minimum Gasteiger partial charge on any atom is -0.264 e. The summed E-state index contributed by atoms with van der Waals surface area (Å²) in [6, 6.07) is 13.8. The predicted molar refractivity (Wildman–Crippen MR) is 80.8 cm³/mol. The second kappa shape index (κ2) is 5.96. The summed E-state index contributed by atoms with van der Waals surface area (Å²) >= 11 is 0. The summed E-state index contributed by atoms with van der Waals surface area (Å²) < 4.78 is 0. The molecule has 0 bridgehead atoms. The van der Waals surface area contributed by atoms with E-state index in [9.17, 15) is 10.1 Å². The fourth-order valence-corrected chi connectivity index (χ4v) is 1.98. The molecule has 108 valence electrons. The van der Waals surface area contributed by atoms with Gasteiger partial charge in [-0.15, -0.1) is 0 Å². The van der Waals surface area contributed by atoms with E-state index in [-0.39, 0.29) is 5.95 Å². The van der Waals surface area contributed by atoms with Crippen molar-refractivity contribution >= 4 is 11.6 Å². The average Bonchev–Trinajstić information content (AvgIpc) is 2.57. The summed E-state index contributed by atoms with van der Waals surface area (Å²) in [6.45, 7) is 0. The van der Waals surface area contributed by atoms with Crippen molar-refractivity contribution in [2.24, 2.45) is 0 Å². The normalized spacial score (nSPS) is 10.2. The smallest absolute Gasteiger partial charge is 0.264 e. The Morgan fingerprint density at radius 1 is 1.00 bits per heavy atom. The van der Waals surface area contributed by atoms with Gasteiger partial charge in [-0.2, -0.15) is 0 Å². The van der Waals surface area contributed by atoms with Crippen LogP contribution in [0, 0.1) is 10.1 Å². The fraction of sp³-hybridized carbons (Fsp3) is 0. The van der Waals surface area contributed by atoms with Crippen LogP contribution in [0.2, 0.25) is 0 Å². The first-order valence-corrected chi connectivity index (χ1v) is 6.48. The van der Waals surface area contributed by atoms with Crippen LogP contribution in [0.4, 0.5) is 11.6 Å². The first-order chi connectivity index (χ1) is 10.8. The minimum atomic E-state index is -0.544. The van der Waals surface area contributed by atoms with Crippen LogP contribution < -0.4 is 5.01 Å². The highest BCUT2D eigenvalue weighted by Gasteiger charge is 2.23. The highest BCUT2D eigenvalue weighted by molar-refractivity contribution is 5.61. The number of pyridine rings is 1. The molecule has 0 fully saturated rings. The number of hydrogen-bond donors (Lipinski definition) is 0. The lowest BCUT2D eigenvalue weighted by atomic mass is 10.2. The van der Waals surface area contributed by atoms with Crippen molar-refractivity contribution in [1.29, 1.82) is 0 Å². The number of nitrogens with zero attached hydrogens (tertiary/aromatic N) is 5. The van der Waals surface area contributed by atoms with Crippen LogP contribution in [-0.4, -0.2) is 20.0 Å². The molecular formula is C15H11N5O2. The summed E-state index contributed by atoms with van der Waals surface area (Å²) in [5.41, 5.74) is 1.72. The van der Waals surface area contributed by atoms with E-state index >= 15 is 0 Å². The molecule has 0 aliphatic heterocycles. The largest absolute Gasteiger partial charge is 0.294 e. The molecule has 0 spiro atoms. The lowest BCUT2D eigenvalue weighted by Crippen LogP contribution is -2.26. The van der Waals surface area contributed by atoms with Crippen LogP contribution in [-0.2, 0) is 0 Å². The van der Waals surface area contributed by atoms with Crippen molar-refractivity contribution < 1.29 is 5.03 Å². The standard InChI is InChI=1S/C15H11N5O2/c21-20(22)19(13-6-2-1-3-7-13)15-17-10-8-14(18-15)12-5-4-9-16-11-12/h1-11H. The van der Waals surface area contributed by atoms with Gasteiger partial charge in [0.25, 0.3) is 5.95 Å². The second-order valence-electron chi connectivity index (χ2n) is 4.37. The average molecular weight is 293 g/mol. The third-order valence-electron chi connectivity index (χ3n) is 2.95. The molecule has 0 saturated carbocycles. The van der Waals surface area contributed by atoms with E-state index in [1.807, 2.05) is 6.07 Å². The molecule has 7 nitrogen and oxygen atoms in total. The van der Waals surface area contributed by atoms with Crippen molar-refractivity contribution in [3.8, 4) is 11.3 Å². The van der Waals surface area contributed by atoms with Crippen molar-refractivity contribution in [3.05, 3.63) is 77.2 Å². The highest BCUT2D eigenvalue weighted by atomic mass is 16.7. The summed E-state index contributed by atoms with van der Waals surface area (Å²) in [7, 11) is 0. The molecule has 3 aromatic rings. The zero-order chi connectivity index (χ0) is 15.4. The van der Waals surface area contributed by atoms with E-state index in [0.717, 1.165) is 10.6 Å². The fourth-order valence-electron chi connectivity index (χ4n) is 1.98. The van der Waals surface area contributed by atoms with Crippen molar-refractivity contribution in [1.82, 2.24) is 15.0 Å². The number of rotatable bonds is 4. The number of benzene rings is 1. The van der Waals surface area contributed by atoms with Crippen molar-refractivity contribution in [2.75, 3.05) is 5.01 Å². The summed E-state index contributed by atoms with van der Waals surface area (Å²) in [6.07, 6.45) is 4.79. The van der Waals surface area contributed by atoms with E-state index in [1.54, 1.807) is 54.9 Å². The molecule has 0 unspecified atom stereocenters. The first-order valence-electron chi connectivity index (χ1n) is 6.48. The van der Waals surface area contributed by atoms with Crippen molar-refractivity contribution in [3.63, 3.8) is 0 Å². The van der Waals surface area contributed by atoms with Gasteiger partial charge in [0.2, 0.25) is 0 Å². The van der Waals surface area contributed by atoms with Crippen molar-refractivity contribution in [2.45, 2.75) is 0 Å². The number of hydrazine groups is 1. The maximum atomic E-state index is 11.4. The Morgan fingerprint density at radius 2 is 1.82 bits per heavy atom. The molecule has 0 aliphatic carbocycles. The van der Waals surface area contributed by atoms with Gasteiger partial charge in [-0.3, -0.25) is 4.98 Å². The molecule has 3 rings (SSSR count). The molecule has 0 saturated heterocycles. The number of hydrogen-bond acceptors (Lipinski definition) is 5. The predicted octanol–water partition coefficient (Wildman–Crippen LogP) is 2.87. The molecule has 1 aromatic carbocycles. The molecule has 7 heteroatoms. The second-order valence-corrected chi connectivity index (χ2v) is 4.37. The SMILES string of the molecule is O=[N+]([O-])N(c1ccccc1)c1nccc(-c2cccnc2)n1. The molecule has 2 aromatic heterocycles. The van der Waals surface area contributed by atoms with Crippen LogP contribution in [0.1, 0.15) is 0 Å². The Labute approximate surface area is 126 Å². The van der Waals surface area contributed by atoms with Crippen LogP contribution in [0.5, 0.6) is 0 Å². The summed E-state index contributed by atoms with van der Waals surface area (Å²) in [5, 5.41) is 11.7. The van der Waals surface area contributed by atoms with Gasteiger partial charge in [-0.05, 0) is 35.3 Å². The van der Waals surface area contributed by atoms with E-state index in [1.165, 1.54) is 6.20 Å². The van der Waals surface area contributed by atoms with E-state index < -0.39 is 5.03 Å². The molecule has 0 N–H and O–H groups in total. The van der Waals surface area contributed by atoms with Gasteiger partial charge >= 0.3 is 0 Å². The number of anilines is 2. The lowest BCUT2D eigenvalue weighted by Gasteiger charge is -2.12. The Kier molecular flexibility index (Phi) is 3.69. The maximum absolute atomic E-state index is 11.4. The highest BCUT2D eigenvalue weighted by Crippen LogP contribution is 2.24. The van der Waals surface area contributed by atoms with E-state index in [0.29, 0.717) is 11.4 Å². The quantitative estimate of drug-likeness (QED) is 0.543. The Morgan fingerprint density at radius 3 is 2.50 bits per heavy atom. The first kappa shape index (κ1) is 13.6. The lowest BCUT2D eigenvalue weighted by molar-refractivity contribution is -0.484. The molecule has 0 amide bonds. The van der Waals surface area contributed by atoms with E-state index in [2.05, 4.69) is 15.0 Å². The molecule has 0 atom stereocenters. The van der Waals surface area contributed by atoms with Gasteiger partial charge in [0.15, 0.2) is 5.03 Å². The van der Waals surface area contributed by atoms with Gasteiger partial charge in [-0.25, -0.2) is 20.1 Å². The zero-order valence-electron chi connectivity index (χ0n) is 11.4. The molecule has 2 heterocycles. The third kappa shape index (κ3) is 2.73. The Bertz CT molecular complexity index is 780. The summed E-state index contributed by atoms with van der Waals surface area (Å²) in [5.74, 6) is -0.00227. The Hall–Kier alpha value is -3.35. The van der Waals surface area contributed by atoms with Crippen LogP contribution >= 0.6 is 0 Å². The third-order valence-corrected chi connectivity index (χ3v) is 2.95. The zero-order valence-corrected chi connectivity index (χ0v) is 11.4. The molecule has 22 heavy (non-hydrogen) atoms. The number of aromatic nitrogens is 3. The van der Waals surface area contributed by atoms with Gasteiger partial charge in [0.1, 0.15) is 5.69 Å². The van der Waals surface area contributed by atoms with Gasteiger partial charge < -0.3 is 0 Å². The van der Waals surface area contributed by atoms with Crippen LogP contribution in [0.3, 0.4) is 0 Å². The van der Waals surface area contributed by atoms with Crippen LogP contribution in [0.25, 0.3) is 11.3 Å². The molecule has 0 radical (unpaired) electrons. The Balaban J connectivity index is 2.05. The summed E-state index contributed by atoms with van der Waals surface area (Å²) in [4.78, 5) is 23.7. The minimum absolute atomic E-state index is 0.00227. The molecular weight excluding hydrogens is 282 g/mol. The van der Waals surface area contributed by atoms with Gasteiger partial charge in [0, 0.05) is 24.2 Å². The van der Waals surface area contributed by atoms with E-state index in [4.69, 9.17) is 0 Å².